The van der Waals surface area contributed by atoms with E-state index < -0.39 is 0 Å². The Balaban J connectivity index is 0.000000121. The van der Waals surface area contributed by atoms with E-state index in [1.165, 1.54) is 19.3 Å². The van der Waals surface area contributed by atoms with Crippen molar-refractivity contribution in [2.24, 2.45) is 11.5 Å². The first-order valence-electron chi connectivity index (χ1n) is 51.1. The molecule has 150 heavy (non-hydrogen) atoms. The van der Waals surface area contributed by atoms with Gasteiger partial charge < -0.3 is 42.2 Å². The van der Waals surface area contributed by atoms with Gasteiger partial charge in [-0.05, 0) is 231 Å². The average Bonchev–Trinajstić information content (AvgIpc) is 1.23. The molecule has 0 unspecified atom stereocenters. The van der Waals surface area contributed by atoms with Crippen molar-refractivity contribution in [3.63, 3.8) is 0 Å². The molecular weight excluding hydrogens is 1970 g/mol. The zero-order valence-electron chi connectivity index (χ0n) is 83.9. The van der Waals surface area contributed by atoms with Crippen molar-refractivity contribution in [3.05, 3.63) is 339 Å². The Bertz CT molecular complexity index is 8020. The molecular formula is C116H114Cl4N24O6. The highest BCUT2D eigenvalue weighted by Gasteiger charge is 2.31. The Morgan fingerprint density at radius 3 is 1.17 bits per heavy atom. The molecule has 2 saturated heterocycles. The van der Waals surface area contributed by atoms with Crippen molar-refractivity contribution in [3.8, 4) is 89.5 Å². The molecule has 30 nitrogen and oxygen atoms in total. The van der Waals surface area contributed by atoms with Crippen LogP contribution in [0.4, 0.5) is 23.8 Å². The van der Waals surface area contributed by atoms with E-state index in [1.54, 1.807) is 58.7 Å². The van der Waals surface area contributed by atoms with Crippen molar-refractivity contribution in [1.82, 2.24) is 88.0 Å². The van der Waals surface area contributed by atoms with Gasteiger partial charge in [0.25, 0.3) is 22.2 Å². The number of nitrogens with one attached hydrogen (secondary N) is 4. The molecule has 0 radical (unpaired) electrons. The Morgan fingerprint density at radius 1 is 0.353 bits per heavy atom. The zero-order valence-corrected chi connectivity index (χ0v) is 86.9. The number of benzene rings is 4. The van der Waals surface area contributed by atoms with Gasteiger partial charge in [-0.25, -0.2) is 19.9 Å². The molecule has 23 rings (SSSR count). The van der Waals surface area contributed by atoms with E-state index >= 15 is 0 Å². The van der Waals surface area contributed by atoms with Gasteiger partial charge in [0.05, 0.1) is 66.9 Å². The number of aromatic nitrogens is 18. The van der Waals surface area contributed by atoms with Crippen molar-refractivity contribution < 1.29 is 9.47 Å². The van der Waals surface area contributed by atoms with Crippen LogP contribution in [0.2, 0.25) is 20.1 Å². The average molecular weight is 2080 g/mol. The highest BCUT2D eigenvalue weighted by molar-refractivity contribution is 6.35. The molecule has 0 spiro atoms. The summed E-state index contributed by atoms with van der Waals surface area (Å²) in [6.45, 7) is 13.8. The van der Waals surface area contributed by atoms with Gasteiger partial charge in [-0.2, -0.15) is 19.9 Å². The summed E-state index contributed by atoms with van der Waals surface area (Å²) >= 11 is 27.2. The van der Waals surface area contributed by atoms with Crippen LogP contribution in [-0.2, 0) is 22.6 Å². The van der Waals surface area contributed by atoms with Gasteiger partial charge in [-0.3, -0.25) is 67.4 Å². The largest absolute Gasteiger partial charge is 0.379 e. The lowest BCUT2D eigenvalue weighted by Crippen LogP contribution is -2.33. The molecule has 4 aromatic carbocycles. The summed E-state index contributed by atoms with van der Waals surface area (Å²) in [6.07, 6.45) is 30.4. The normalized spacial score (nSPS) is 17.2. The Kier molecular flexibility index (Phi) is 31.7. The maximum atomic E-state index is 14.2. The minimum Gasteiger partial charge on any atom is -0.379 e. The molecule has 762 valence electrons. The molecule has 2 aliphatic heterocycles. The van der Waals surface area contributed by atoms with Crippen LogP contribution in [0.15, 0.2) is 263 Å². The van der Waals surface area contributed by atoms with Crippen LogP contribution in [0, 0.1) is 27.7 Å². The van der Waals surface area contributed by atoms with Gasteiger partial charge in [0.2, 0.25) is 23.8 Å². The minimum absolute atomic E-state index is 0.0312. The fourth-order valence-corrected chi connectivity index (χ4v) is 21.6. The Hall–Kier alpha value is -14.9. The predicted octanol–water partition coefficient (Wildman–Crippen LogP) is 22.3. The first kappa shape index (κ1) is 102. The number of pyridine rings is 10. The summed E-state index contributed by atoms with van der Waals surface area (Å²) in [5.74, 6) is 2.04. The molecule has 16 heterocycles. The first-order chi connectivity index (χ1) is 73.0. The van der Waals surface area contributed by atoms with Crippen molar-refractivity contribution >= 4 is 114 Å². The number of ether oxygens (including phenoxy) is 2. The van der Waals surface area contributed by atoms with E-state index in [0.717, 1.165) is 177 Å². The van der Waals surface area contributed by atoms with Crippen molar-refractivity contribution in [2.75, 3.05) is 54.2 Å². The lowest BCUT2D eigenvalue weighted by Gasteiger charge is -2.29. The van der Waals surface area contributed by atoms with Crippen molar-refractivity contribution in [2.45, 2.75) is 186 Å². The van der Waals surface area contributed by atoms with Gasteiger partial charge >= 0.3 is 0 Å². The van der Waals surface area contributed by atoms with Crippen LogP contribution in [0.3, 0.4) is 0 Å². The van der Waals surface area contributed by atoms with E-state index in [1.807, 2.05) is 238 Å². The van der Waals surface area contributed by atoms with Gasteiger partial charge in [-0.1, -0.05) is 151 Å². The second kappa shape index (κ2) is 46.5. The SMILES string of the molecule is CCNc1ncc2cc(-c3ccc(-c4cccc(C)n4)cc3Cl)c(=O)n(C3CCC(N)CC3)c2n1.Cc1cccc(-c2ccc(-c3cc4cnc(NC5CCCCC5)nc4n(C4CCC(N)CC4)c3=O)c(Cl)c2)n1.Cc1cccnc1-c1ccc(-c2cc3cnc(N[C@@H]4CCOC4)nc3n(Cc3ccccn3)c2=O)c(Cl)c1.Cc1cccnc1-c1ccc(-c2cc3cnc(N[C@@H]4CCOC4)nc3n(Cc3cccnc3)c2=O)c(Cl)c1. The molecule has 0 bridgehead atoms. The number of hydrogen-bond donors (Lipinski definition) is 6. The molecule has 0 amide bonds. The van der Waals surface area contributed by atoms with Crippen LogP contribution in [-0.4, -0.2) is 151 Å². The monoisotopic (exact) mass is 2080 g/mol. The Morgan fingerprint density at radius 2 is 0.760 bits per heavy atom. The first-order valence-corrected chi connectivity index (χ1v) is 52.6. The number of nitrogens with zero attached hydrogens (tertiary/aromatic N) is 18. The third-order valence-corrected chi connectivity index (χ3v) is 29.5. The molecule has 5 fully saturated rings. The summed E-state index contributed by atoms with van der Waals surface area (Å²) in [5.41, 5.74) is 31.5. The zero-order chi connectivity index (χ0) is 104. The van der Waals surface area contributed by atoms with Gasteiger partial charge in [0, 0.05) is 226 Å². The predicted molar refractivity (Wildman–Crippen MR) is 597 cm³/mol. The number of halogens is 4. The molecule has 34 heteroatoms. The van der Waals surface area contributed by atoms with Gasteiger partial charge in [0.1, 0.15) is 22.6 Å². The van der Waals surface area contributed by atoms with E-state index in [2.05, 4.69) is 71.1 Å². The smallest absolute Gasteiger partial charge is 0.260 e. The molecule has 14 aromatic heterocycles. The van der Waals surface area contributed by atoms with Gasteiger partial charge in [-0.15, -0.1) is 0 Å². The van der Waals surface area contributed by atoms with E-state index in [9.17, 15) is 19.2 Å². The molecule has 3 aliphatic carbocycles. The van der Waals surface area contributed by atoms with E-state index in [4.69, 9.17) is 87.3 Å². The quantitative estimate of drug-likeness (QED) is 0.0367. The third kappa shape index (κ3) is 23.3. The fraction of sp³-hybridized carbons (Fsp3) is 0.293. The summed E-state index contributed by atoms with van der Waals surface area (Å²) in [4.78, 5) is 120. The van der Waals surface area contributed by atoms with E-state index in [0.29, 0.717) is 157 Å². The summed E-state index contributed by atoms with van der Waals surface area (Å²) in [7, 11) is 0. The van der Waals surface area contributed by atoms with Crippen LogP contribution >= 0.6 is 46.4 Å². The number of rotatable bonds is 22. The molecule has 3 saturated carbocycles. The maximum absolute atomic E-state index is 14.2. The van der Waals surface area contributed by atoms with Crippen molar-refractivity contribution in [1.29, 1.82) is 0 Å². The minimum atomic E-state index is -0.208. The topological polar surface area (TPSA) is 387 Å². The number of nitrogens with two attached hydrogens (primary N) is 2. The van der Waals surface area contributed by atoms with Crippen LogP contribution in [0.1, 0.15) is 149 Å². The van der Waals surface area contributed by atoms with Crippen LogP contribution in [0.5, 0.6) is 0 Å². The summed E-state index contributed by atoms with van der Waals surface area (Å²) in [5, 5.41) is 18.4. The second-order valence-electron chi connectivity index (χ2n) is 38.9. The summed E-state index contributed by atoms with van der Waals surface area (Å²) < 4.78 is 17.9. The maximum Gasteiger partial charge on any atom is 0.260 e. The van der Waals surface area contributed by atoms with E-state index in [-0.39, 0.29) is 65.0 Å². The number of anilines is 4. The highest BCUT2D eigenvalue weighted by atomic mass is 35.5. The highest BCUT2D eigenvalue weighted by Crippen LogP contribution is 2.41. The third-order valence-electron chi connectivity index (χ3n) is 28.3. The summed E-state index contributed by atoms with van der Waals surface area (Å²) in [6, 6.07) is 60.3. The number of hydrogen-bond acceptors (Lipinski definition) is 26. The molecule has 5 aliphatic rings. The van der Waals surface area contributed by atoms with Crippen LogP contribution < -0.4 is 55.0 Å². The lowest BCUT2D eigenvalue weighted by atomic mass is 9.91. The van der Waals surface area contributed by atoms with Crippen LogP contribution in [0.25, 0.3) is 134 Å². The second-order valence-corrected chi connectivity index (χ2v) is 40.6. The molecule has 8 N–H and O–H groups in total. The Labute approximate surface area is 886 Å². The lowest BCUT2D eigenvalue weighted by molar-refractivity contribution is 0.195. The van der Waals surface area contributed by atoms with Gasteiger partial charge in [0.15, 0.2) is 0 Å². The fourth-order valence-electron chi connectivity index (χ4n) is 20.4. The molecule has 18 aromatic rings. The standard InChI is InChI=1S/C31H35ClN6O.2C29H25ClN6O2.C27H29ClN6O/c1-19-6-5-9-28(35-19)20-10-15-25(27(32)17-20)26-16-21-18-34-31(36-23-7-3-2-4-8-23)37-29(21)38(30(26)39)24-13-11-22(33)12-14-24;1-18-4-2-10-32-26(18)20-6-7-23(25(30)13-20)24-12-21-15-33-29(34-22-8-11-38-17-22)35-27(21)36(28(24)37)16-19-5-3-9-31-14-19;1-18-5-4-11-32-26(18)19-7-8-23(25(30)14-19)24-13-20-15-33-29(34-22-9-12-38-17-22)35-27(20)36(28(24)37)16-21-6-2-3-10-31-21;1-3-30-27-31-15-18-13-22(26(35)34(25(18)33-27)20-10-8-19(29)9-11-20)21-12-7-17(14-23(21)28)24-6-4-5-16(2)32-24/h5-6,9-10,15-18,22-24H,2-4,7-8,11-14,33H2,1H3,(H,34,36,37);2-7,9-10,12-15,22H,8,11,16-17H2,1H3,(H,33,34,35);2-8,10-11,13-15,22H,9,12,16-17H2,1H3,(H,33,34,35);4-7,12-15,19-20H,3,8-11,29H2,1-2H3,(H,30,31,33)/t;2*22-;/m.11./s1. The number of fused-ring (bicyclic) bond motifs is 4. The number of aryl methyl sites for hydroxylation is 4. The molecule has 2 atom stereocenters.